The molecule has 1 aliphatic heterocycles. The number of halogens is 1. The number of anilines is 2. The van der Waals surface area contributed by atoms with E-state index in [2.05, 4.69) is 15.5 Å². The van der Waals surface area contributed by atoms with Crippen molar-refractivity contribution in [2.45, 2.75) is 13.3 Å². The maximum absolute atomic E-state index is 12.2. The molecule has 0 atom stereocenters. The molecule has 0 bridgehead atoms. The van der Waals surface area contributed by atoms with Crippen LogP contribution >= 0.6 is 22.9 Å². The van der Waals surface area contributed by atoms with E-state index < -0.39 is 0 Å². The zero-order chi connectivity index (χ0) is 16.4. The van der Waals surface area contributed by atoms with Gasteiger partial charge in [-0.1, -0.05) is 29.9 Å². The lowest BCUT2D eigenvalue weighted by molar-refractivity contribution is -0.123. The Bertz CT molecular complexity index is 764. The van der Waals surface area contributed by atoms with Crippen LogP contribution in [0.25, 0.3) is 0 Å². The molecular weight excluding hydrogens is 340 g/mol. The zero-order valence-corrected chi connectivity index (χ0v) is 13.8. The van der Waals surface area contributed by atoms with E-state index in [4.69, 9.17) is 16.3 Å². The number of rotatable bonds is 4. The number of fused-ring (bicyclic) bond motifs is 1. The summed E-state index contributed by atoms with van der Waals surface area (Å²) in [6.45, 7) is 1.70. The van der Waals surface area contributed by atoms with Crippen LogP contribution in [0.4, 0.5) is 10.8 Å². The van der Waals surface area contributed by atoms with Crippen molar-refractivity contribution < 1.29 is 14.3 Å². The van der Waals surface area contributed by atoms with Gasteiger partial charge in [0.15, 0.2) is 6.61 Å². The number of ether oxygens (including phenoxy) is 1. The lowest BCUT2D eigenvalue weighted by Gasteiger charge is -2.28. The number of benzene rings is 1. The summed E-state index contributed by atoms with van der Waals surface area (Å²) in [6.07, 6.45) is 0.751. The van der Waals surface area contributed by atoms with E-state index in [0.717, 1.165) is 11.4 Å². The molecule has 1 aliphatic rings. The summed E-state index contributed by atoms with van der Waals surface area (Å²) in [5.74, 6) is -0.141. The van der Waals surface area contributed by atoms with Gasteiger partial charge in [-0.3, -0.25) is 19.8 Å². The lowest BCUT2D eigenvalue weighted by atomic mass is 10.2. The Morgan fingerprint density at radius 3 is 3.04 bits per heavy atom. The Morgan fingerprint density at radius 1 is 1.48 bits per heavy atom. The third-order valence-electron chi connectivity index (χ3n) is 3.18. The highest BCUT2D eigenvalue weighted by Gasteiger charge is 2.27. The van der Waals surface area contributed by atoms with Crippen LogP contribution in [0.5, 0.6) is 5.75 Å². The Morgan fingerprint density at radius 2 is 2.30 bits per heavy atom. The number of aryl methyl sites for hydroxylation is 1. The minimum absolute atomic E-state index is 0.110. The molecule has 7 nitrogen and oxygen atoms in total. The fourth-order valence-electron chi connectivity index (χ4n) is 2.10. The predicted molar refractivity (Wildman–Crippen MR) is 87.2 cm³/mol. The quantitative estimate of drug-likeness (QED) is 0.911. The van der Waals surface area contributed by atoms with Gasteiger partial charge in [-0.25, -0.2) is 0 Å². The average molecular weight is 353 g/mol. The zero-order valence-electron chi connectivity index (χ0n) is 12.2. The highest BCUT2D eigenvalue weighted by atomic mass is 35.5. The molecule has 1 aromatic carbocycles. The maximum atomic E-state index is 12.2. The number of hydrogen-bond acceptors (Lipinski definition) is 6. The minimum Gasteiger partial charge on any atom is -0.482 e. The maximum Gasteiger partial charge on any atom is 0.265 e. The average Bonchev–Trinajstić information content (AvgIpc) is 2.98. The summed E-state index contributed by atoms with van der Waals surface area (Å²) in [4.78, 5) is 25.6. The summed E-state index contributed by atoms with van der Waals surface area (Å²) < 4.78 is 5.34. The van der Waals surface area contributed by atoms with Gasteiger partial charge in [0.05, 0.1) is 5.69 Å². The van der Waals surface area contributed by atoms with Gasteiger partial charge >= 0.3 is 0 Å². The van der Waals surface area contributed by atoms with Crippen molar-refractivity contribution in [3.63, 3.8) is 0 Å². The lowest BCUT2D eigenvalue weighted by Crippen LogP contribution is -2.43. The van der Waals surface area contributed by atoms with E-state index in [1.807, 2.05) is 6.92 Å². The second-order valence-electron chi connectivity index (χ2n) is 4.78. The highest BCUT2D eigenvalue weighted by Crippen LogP contribution is 2.34. The number of carbonyl (C=O) groups excluding carboxylic acids is 2. The Labute approximate surface area is 141 Å². The first kappa shape index (κ1) is 15.7. The second kappa shape index (κ2) is 6.51. The van der Waals surface area contributed by atoms with Crippen molar-refractivity contribution in [1.82, 2.24) is 10.2 Å². The van der Waals surface area contributed by atoms with Crippen LogP contribution in [0.15, 0.2) is 18.2 Å². The molecule has 2 amide bonds. The summed E-state index contributed by atoms with van der Waals surface area (Å²) in [5.41, 5.74) is 0.482. The molecule has 0 radical (unpaired) electrons. The van der Waals surface area contributed by atoms with Crippen molar-refractivity contribution >= 4 is 45.6 Å². The topological polar surface area (TPSA) is 84.4 Å². The molecule has 1 N–H and O–H groups in total. The van der Waals surface area contributed by atoms with Crippen LogP contribution in [-0.4, -0.2) is 35.2 Å². The van der Waals surface area contributed by atoms with E-state index >= 15 is 0 Å². The standard InChI is InChI=1S/C14H13ClN4O3S/c1-2-12-17-18-14(23-12)16-11(20)6-19-9-5-8(15)3-4-10(9)22-7-13(19)21/h3-5H,2,6-7H2,1H3,(H,16,18,20). The number of amides is 2. The molecule has 0 fully saturated rings. The first-order valence-corrected chi connectivity index (χ1v) is 8.11. The third kappa shape index (κ3) is 3.43. The van der Waals surface area contributed by atoms with Gasteiger partial charge in [0.25, 0.3) is 5.91 Å². The predicted octanol–water partition coefficient (Wildman–Crippen LogP) is 2.12. The molecule has 2 heterocycles. The number of nitrogens with one attached hydrogen (secondary N) is 1. The number of aromatic nitrogens is 2. The van der Waals surface area contributed by atoms with Crippen LogP contribution in [0.1, 0.15) is 11.9 Å². The molecule has 0 aliphatic carbocycles. The molecule has 1 aromatic heterocycles. The van der Waals surface area contributed by atoms with Crippen molar-refractivity contribution in [2.24, 2.45) is 0 Å². The number of carbonyl (C=O) groups is 2. The fraction of sp³-hybridized carbons (Fsp3) is 0.286. The molecule has 120 valence electrons. The molecule has 0 saturated heterocycles. The minimum atomic E-state index is -0.357. The van der Waals surface area contributed by atoms with E-state index in [9.17, 15) is 9.59 Å². The van der Waals surface area contributed by atoms with Gasteiger partial charge in [0, 0.05) is 5.02 Å². The van der Waals surface area contributed by atoms with Crippen LogP contribution in [0.2, 0.25) is 5.02 Å². The monoisotopic (exact) mass is 352 g/mol. The van der Waals surface area contributed by atoms with Gasteiger partial charge in [-0.05, 0) is 24.6 Å². The van der Waals surface area contributed by atoms with Crippen molar-refractivity contribution in [1.29, 1.82) is 0 Å². The van der Waals surface area contributed by atoms with Gasteiger partial charge in [0.2, 0.25) is 11.0 Å². The Balaban J connectivity index is 1.75. The van der Waals surface area contributed by atoms with Crippen molar-refractivity contribution in [3.05, 3.63) is 28.2 Å². The second-order valence-corrected chi connectivity index (χ2v) is 6.28. The van der Waals surface area contributed by atoms with Gasteiger partial charge in [-0.15, -0.1) is 10.2 Å². The number of nitrogens with zero attached hydrogens (tertiary/aromatic N) is 3. The van der Waals surface area contributed by atoms with E-state index in [1.54, 1.807) is 18.2 Å². The fourth-order valence-corrected chi connectivity index (χ4v) is 2.96. The summed E-state index contributed by atoms with van der Waals surface area (Å²) in [5, 5.41) is 12.2. The first-order valence-electron chi connectivity index (χ1n) is 6.91. The van der Waals surface area contributed by atoms with E-state index in [-0.39, 0.29) is 25.0 Å². The van der Waals surface area contributed by atoms with Crippen molar-refractivity contribution in [3.8, 4) is 5.75 Å². The van der Waals surface area contributed by atoms with Crippen LogP contribution < -0.4 is 15.0 Å². The molecule has 0 saturated carbocycles. The van der Waals surface area contributed by atoms with E-state index in [0.29, 0.717) is 21.6 Å². The van der Waals surface area contributed by atoms with Crippen LogP contribution in [0.3, 0.4) is 0 Å². The molecule has 2 aromatic rings. The summed E-state index contributed by atoms with van der Waals surface area (Å²) in [6, 6.07) is 4.94. The van der Waals surface area contributed by atoms with Crippen LogP contribution in [0, 0.1) is 0 Å². The molecule has 3 rings (SSSR count). The largest absolute Gasteiger partial charge is 0.482 e. The third-order valence-corrected chi connectivity index (χ3v) is 4.40. The molecular formula is C14H13ClN4O3S. The van der Waals surface area contributed by atoms with Gasteiger partial charge in [-0.2, -0.15) is 0 Å². The van der Waals surface area contributed by atoms with Crippen LogP contribution in [-0.2, 0) is 16.0 Å². The Hall–Kier alpha value is -2.19. The normalized spacial score (nSPS) is 13.5. The molecule has 9 heteroatoms. The van der Waals surface area contributed by atoms with Gasteiger partial charge in [0.1, 0.15) is 17.3 Å². The number of hydrogen-bond donors (Lipinski definition) is 1. The Kier molecular flexibility index (Phi) is 4.44. The summed E-state index contributed by atoms with van der Waals surface area (Å²) in [7, 11) is 0. The highest BCUT2D eigenvalue weighted by molar-refractivity contribution is 7.15. The molecule has 23 heavy (non-hydrogen) atoms. The molecule has 0 spiro atoms. The van der Waals surface area contributed by atoms with E-state index in [1.165, 1.54) is 16.2 Å². The smallest absolute Gasteiger partial charge is 0.265 e. The summed E-state index contributed by atoms with van der Waals surface area (Å²) >= 11 is 7.27. The van der Waals surface area contributed by atoms with Gasteiger partial charge < -0.3 is 4.74 Å². The first-order chi connectivity index (χ1) is 11.1. The van der Waals surface area contributed by atoms with Crippen molar-refractivity contribution in [2.75, 3.05) is 23.4 Å². The SMILES string of the molecule is CCc1nnc(NC(=O)CN2C(=O)COc3ccc(Cl)cc32)s1. The molecule has 0 unspecified atom stereocenters.